The van der Waals surface area contributed by atoms with E-state index >= 15 is 0 Å². The predicted molar refractivity (Wildman–Crippen MR) is 106 cm³/mol. The van der Waals surface area contributed by atoms with Crippen LogP contribution in [0.2, 0.25) is 0 Å². The first kappa shape index (κ1) is 19.8. The third-order valence-corrected chi connectivity index (χ3v) is 4.99. The van der Waals surface area contributed by atoms with E-state index in [1.54, 1.807) is 0 Å². The van der Waals surface area contributed by atoms with Gasteiger partial charge < -0.3 is 14.1 Å². The molecule has 28 heavy (non-hydrogen) atoms. The molecule has 1 aromatic carbocycles. The van der Waals surface area contributed by atoms with Crippen molar-refractivity contribution in [2.24, 2.45) is 0 Å². The number of benzene rings is 1. The zero-order valence-electron chi connectivity index (χ0n) is 15.8. The minimum absolute atomic E-state index is 0.0882. The quantitative estimate of drug-likeness (QED) is 0.454. The van der Waals surface area contributed by atoms with E-state index in [1.165, 1.54) is 28.4 Å². The number of quaternary nitrogens is 1. The average molecular weight is 405 g/mol. The van der Waals surface area contributed by atoms with Crippen molar-refractivity contribution in [2.45, 2.75) is 6.92 Å². The first-order valence-corrected chi connectivity index (χ1v) is 9.59. The second-order valence-electron chi connectivity index (χ2n) is 6.37. The number of nitro groups is 1. The fourth-order valence-corrected chi connectivity index (χ4v) is 3.58. The second-order valence-corrected chi connectivity index (χ2v) is 7.38. The third-order valence-electron chi connectivity index (χ3n) is 3.95. The summed E-state index contributed by atoms with van der Waals surface area (Å²) in [5.74, 6) is -0.275. The first-order valence-electron chi connectivity index (χ1n) is 8.77. The Kier molecular flexibility index (Phi) is 5.90. The molecule has 2 aromatic heterocycles. The highest BCUT2D eigenvalue weighted by Crippen LogP contribution is 2.32. The predicted octanol–water partition coefficient (Wildman–Crippen LogP) is 1.99. The largest absolute Gasteiger partial charge is 0.494 e. The van der Waals surface area contributed by atoms with Gasteiger partial charge >= 0.3 is 5.88 Å². The standard InChI is InChI=1S/C18H20N4O5S/c1-4-26-12-5-6-13-15(11-12)28-18(19-13)21(10-9-20(2)3)17(23)14-7-8-16(27-14)22(24)25/h5-8,11H,4,9-10H2,1-3H3/p+1. The Balaban J connectivity index is 1.95. The van der Waals surface area contributed by atoms with Gasteiger partial charge in [0.2, 0.25) is 0 Å². The molecule has 9 nitrogen and oxygen atoms in total. The number of anilines is 1. The number of amides is 1. The van der Waals surface area contributed by atoms with Crippen molar-refractivity contribution in [1.82, 2.24) is 4.98 Å². The second kappa shape index (κ2) is 8.36. The lowest BCUT2D eigenvalue weighted by atomic mass is 10.3. The summed E-state index contributed by atoms with van der Waals surface area (Å²) in [5, 5.41) is 11.4. The van der Waals surface area contributed by atoms with Gasteiger partial charge in [-0.25, -0.2) is 4.98 Å². The van der Waals surface area contributed by atoms with Crippen LogP contribution in [0.4, 0.5) is 11.0 Å². The summed E-state index contributed by atoms with van der Waals surface area (Å²) < 4.78 is 11.5. The number of carbonyl (C=O) groups is 1. The van der Waals surface area contributed by atoms with E-state index in [-0.39, 0.29) is 5.76 Å². The van der Waals surface area contributed by atoms with Crippen LogP contribution >= 0.6 is 11.3 Å². The molecule has 0 radical (unpaired) electrons. The van der Waals surface area contributed by atoms with Crippen molar-refractivity contribution in [1.29, 1.82) is 0 Å². The molecule has 1 amide bonds. The molecule has 0 atom stereocenters. The summed E-state index contributed by atoms with van der Waals surface area (Å²) in [5.41, 5.74) is 0.754. The number of ether oxygens (including phenoxy) is 1. The van der Waals surface area contributed by atoms with E-state index in [0.717, 1.165) is 20.9 Å². The van der Waals surface area contributed by atoms with E-state index in [1.807, 2.05) is 39.2 Å². The molecule has 0 aliphatic carbocycles. The number of carbonyl (C=O) groups excluding carboxylic acids is 1. The summed E-state index contributed by atoms with van der Waals surface area (Å²) in [7, 11) is 3.96. The highest BCUT2D eigenvalue weighted by atomic mass is 32.1. The minimum Gasteiger partial charge on any atom is -0.494 e. The molecule has 10 heteroatoms. The van der Waals surface area contributed by atoms with E-state index in [0.29, 0.717) is 24.8 Å². The summed E-state index contributed by atoms with van der Waals surface area (Å²) in [6.45, 7) is 3.54. The summed E-state index contributed by atoms with van der Waals surface area (Å²) in [6, 6.07) is 8.06. The number of aromatic nitrogens is 1. The van der Waals surface area contributed by atoms with Gasteiger partial charge in [-0.15, -0.1) is 0 Å². The molecule has 0 spiro atoms. The van der Waals surface area contributed by atoms with Crippen LogP contribution in [0.1, 0.15) is 17.5 Å². The number of thiazole rings is 1. The lowest BCUT2D eigenvalue weighted by Crippen LogP contribution is -3.06. The fourth-order valence-electron chi connectivity index (χ4n) is 2.56. The van der Waals surface area contributed by atoms with Crippen LogP contribution in [-0.4, -0.2) is 49.6 Å². The van der Waals surface area contributed by atoms with Crippen molar-refractivity contribution >= 4 is 38.5 Å². The Morgan fingerprint density at radius 1 is 1.36 bits per heavy atom. The highest BCUT2D eigenvalue weighted by Gasteiger charge is 2.26. The van der Waals surface area contributed by atoms with Gasteiger partial charge in [0.05, 0.1) is 50.1 Å². The van der Waals surface area contributed by atoms with Gasteiger partial charge in [0.15, 0.2) is 10.9 Å². The summed E-state index contributed by atoms with van der Waals surface area (Å²) in [6.07, 6.45) is 0. The van der Waals surface area contributed by atoms with Crippen molar-refractivity contribution in [2.75, 3.05) is 38.7 Å². The van der Waals surface area contributed by atoms with Crippen LogP contribution in [0.3, 0.4) is 0 Å². The van der Waals surface area contributed by atoms with Gasteiger partial charge in [-0.1, -0.05) is 11.3 Å². The van der Waals surface area contributed by atoms with Crippen LogP contribution in [0.25, 0.3) is 10.2 Å². The zero-order valence-corrected chi connectivity index (χ0v) is 16.6. The van der Waals surface area contributed by atoms with Crippen LogP contribution in [-0.2, 0) is 0 Å². The Labute approximate surface area is 165 Å². The van der Waals surface area contributed by atoms with Crippen LogP contribution in [0.5, 0.6) is 5.75 Å². The number of rotatable bonds is 8. The smallest absolute Gasteiger partial charge is 0.433 e. The molecule has 0 saturated carbocycles. The number of hydrogen-bond donors (Lipinski definition) is 1. The molecule has 0 aliphatic heterocycles. The molecular weight excluding hydrogens is 384 g/mol. The van der Waals surface area contributed by atoms with E-state index in [2.05, 4.69) is 4.98 Å². The van der Waals surface area contributed by atoms with Gasteiger partial charge in [0, 0.05) is 0 Å². The van der Waals surface area contributed by atoms with Gasteiger partial charge in [0.25, 0.3) is 5.91 Å². The van der Waals surface area contributed by atoms with E-state index in [4.69, 9.17) is 9.15 Å². The lowest BCUT2D eigenvalue weighted by Gasteiger charge is -2.19. The molecule has 0 fully saturated rings. The Morgan fingerprint density at radius 2 is 2.14 bits per heavy atom. The maximum atomic E-state index is 13.0. The average Bonchev–Trinajstić information content (AvgIpc) is 3.28. The molecule has 3 rings (SSSR count). The Hall–Kier alpha value is -2.98. The number of nitrogens with one attached hydrogen (secondary N) is 1. The SMILES string of the molecule is CCOc1ccc2nc(N(CC[NH+](C)C)C(=O)c3ccc([N+](=O)[O-])o3)sc2c1. The summed E-state index contributed by atoms with van der Waals surface area (Å²) in [4.78, 5) is 30.4. The number of fused-ring (bicyclic) bond motifs is 1. The topological polar surface area (TPSA) is 103 Å². The molecule has 0 aliphatic rings. The third kappa shape index (κ3) is 4.29. The maximum Gasteiger partial charge on any atom is 0.433 e. The van der Waals surface area contributed by atoms with Gasteiger partial charge in [-0.2, -0.15) is 0 Å². The molecule has 3 aromatic rings. The van der Waals surface area contributed by atoms with E-state index < -0.39 is 16.7 Å². The number of likely N-dealkylation sites (N-methyl/N-ethyl adjacent to an activating group) is 1. The first-order chi connectivity index (χ1) is 13.4. The normalized spacial score (nSPS) is 11.1. The monoisotopic (exact) mass is 405 g/mol. The van der Waals surface area contributed by atoms with Crippen molar-refractivity contribution < 1.29 is 23.8 Å². The van der Waals surface area contributed by atoms with Gasteiger partial charge in [-0.05, 0) is 31.2 Å². The lowest BCUT2D eigenvalue weighted by molar-refractivity contribution is -0.856. The molecule has 1 N–H and O–H groups in total. The highest BCUT2D eigenvalue weighted by molar-refractivity contribution is 7.22. The van der Waals surface area contributed by atoms with Crippen LogP contribution in [0, 0.1) is 10.1 Å². The van der Waals surface area contributed by atoms with Crippen molar-refractivity contribution in [3.05, 3.63) is 46.2 Å². The summed E-state index contributed by atoms with van der Waals surface area (Å²) >= 11 is 1.36. The van der Waals surface area contributed by atoms with Crippen LogP contribution in [0.15, 0.2) is 34.7 Å². The zero-order chi connectivity index (χ0) is 20.3. The van der Waals surface area contributed by atoms with Gasteiger partial charge in [-0.3, -0.25) is 19.8 Å². The molecular formula is C18H21N4O5S+. The van der Waals surface area contributed by atoms with Crippen molar-refractivity contribution in [3.63, 3.8) is 0 Å². The fraction of sp³-hybridized carbons (Fsp3) is 0.333. The van der Waals surface area contributed by atoms with Crippen LogP contribution < -0.4 is 14.5 Å². The molecule has 0 unspecified atom stereocenters. The molecule has 148 valence electrons. The maximum absolute atomic E-state index is 13.0. The number of hydrogen-bond acceptors (Lipinski definition) is 7. The van der Waals surface area contributed by atoms with E-state index in [9.17, 15) is 14.9 Å². The Morgan fingerprint density at radius 3 is 2.79 bits per heavy atom. The molecule has 0 bridgehead atoms. The van der Waals surface area contributed by atoms with Crippen molar-refractivity contribution in [3.8, 4) is 5.75 Å². The minimum atomic E-state index is -0.669. The van der Waals surface area contributed by atoms with Gasteiger partial charge in [0.1, 0.15) is 10.7 Å². The molecule has 0 saturated heterocycles. The Bertz CT molecular complexity index is 997. The number of nitrogens with zero attached hydrogens (tertiary/aromatic N) is 3. The number of furan rings is 1. The molecule has 2 heterocycles.